The van der Waals surface area contributed by atoms with Crippen LogP contribution in [-0.2, 0) is 4.74 Å². The predicted octanol–water partition coefficient (Wildman–Crippen LogP) is -1.60. The van der Waals surface area contributed by atoms with Gasteiger partial charge in [-0.15, -0.1) is 0 Å². The van der Waals surface area contributed by atoms with Gasteiger partial charge < -0.3 is 36.1 Å². The van der Waals surface area contributed by atoms with Crippen LogP contribution in [0.25, 0.3) is 0 Å². The van der Waals surface area contributed by atoms with Crippen molar-refractivity contribution in [2.45, 2.75) is 50.7 Å². The summed E-state index contributed by atoms with van der Waals surface area (Å²) in [5.41, 5.74) is 0. The molecule has 7 nitrogen and oxygen atoms in total. The molecule has 2 atom stereocenters. The molecule has 1 aliphatic carbocycles. The van der Waals surface area contributed by atoms with Crippen molar-refractivity contribution in [3.05, 3.63) is 0 Å². The number of aliphatic hydroxyl groups is 4. The van der Waals surface area contributed by atoms with E-state index < -0.39 is 12.2 Å². The Bertz CT molecular complexity index is 132. The van der Waals surface area contributed by atoms with E-state index in [1.165, 1.54) is 38.5 Å². The lowest BCUT2D eigenvalue weighted by Gasteiger charge is -2.10. The molecule has 0 heterocycles. The van der Waals surface area contributed by atoms with Crippen LogP contribution >= 0.6 is 0 Å². The average Bonchev–Trinajstić information content (AvgIpc) is 2.41. The minimum absolute atomic E-state index is 0. The molecule has 120 valence electrons. The summed E-state index contributed by atoms with van der Waals surface area (Å²) in [5, 5.41) is 34.1. The zero-order valence-electron chi connectivity index (χ0n) is 11.4. The average molecular weight is 286 g/mol. The fraction of sp³-hybridized carbons (Fsp3) is 1.00. The van der Waals surface area contributed by atoms with Crippen molar-refractivity contribution >= 4 is 0 Å². The Labute approximate surface area is 114 Å². The van der Waals surface area contributed by atoms with Crippen molar-refractivity contribution in [3.63, 3.8) is 0 Å². The molecule has 1 aliphatic rings. The Morgan fingerprint density at radius 2 is 0.947 bits per heavy atom. The molecule has 0 aromatic heterocycles. The standard InChI is InChI=1S/C6H14O5.C6H12.2H2O/c7-1-5(9)3-11-4-6(10)2-8;1-2-4-6-5-3-1;;/h5-10H,1-4H2;1-6H2;2*1H2. The Morgan fingerprint density at radius 3 is 1.16 bits per heavy atom. The lowest BCUT2D eigenvalue weighted by Crippen LogP contribution is -2.25. The SMILES string of the molecule is C1CCCCC1.O.O.OCC(O)COCC(O)CO. The van der Waals surface area contributed by atoms with E-state index >= 15 is 0 Å². The molecule has 1 fully saturated rings. The minimum Gasteiger partial charge on any atom is -0.412 e. The number of aliphatic hydroxyl groups excluding tert-OH is 4. The highest BCUT2D eigenvalue weighted by molar-refractivity contribution is 4.53. The van der Waals surface area contributed by atoms with E-state index in [0.717, 1.165) is 0 Å². The maximum atomic E-state index is 8.72. The van der Waals surface area contributed by atoms with Gasteiger partial charge in [-0.05, 0) is 0 Å². The van der Waals surface area contributed by atoms with E-state index in [-0.39, 0.29) is 37.4 Å². The van der Waals surface area contributed by atoms with Crippen molar-refractivity contribution < 1.29 is 36.1 Å². The molecule has 0 bridgehead atoms. The van der Waals surface area contributed by atoms with Crippen molar-refractivity contribution in [2.24, 2.45) is 0 Å². The van der Waals surface area contributed by atoms with Gasteiger partial charge in [0.2, 0.25) is 0 Å². The van der Waals surface area contributed by atoms with E-state index in [9.17, 15) is 0 Å². The predicted molar refractivity (Wildman–Crippen MR) is 71.9 cm³/mol. The summed E-state index contributed by atoms with van der Waals surface area (Å²) in [6.45, 7) is -0.800. The van der Waals surface area contributed by atoms with Crippen LogP contribution in [0.15, 0.2) is 0 Å². The summed E-state index contributed by atoms with van der Waals surface area (Å²) in [6, 6.07) is 0. The van der Waals surface area contributed by atoms with Gasteiger partial charge in [0.1, 0.15) is 12.2 Å². The quantitative estimate of drug-likeness (QED) is 0.463. The molecule has 2 unspecified atom stereocenters. The molecule has 1 saturated carbocycles. The van der Waals surface area contributed by atoms with Crippen molar-refractivity contribution in [3.8, 4) is 0 Å². The molecule has 0 aromatic carbocycles. The first kappa shape index (κ1) is 23.8. The fourth-order valence-corrected chi connectivity index (χ4v) is 1.51. The summed E-state index contributed by atoms with van der Waals surface area (Å²) >= 11 is 0. The third-order valence-electron chi connectivity index (χ3n) is 2.54. The Morgan fingerprint density at radius 1 is 0.684 bits per heavy atom. The zero-order chi connectivity index (χ0) is 12.9. The molecule has 0 amide bonds. The monoisotopic (exact) mass is 286 g/mol. The van der Waals surface area contributed by atoms with Crippen LogP contribution in [-0.4, -0.2) is 70.0 Å². The van der Waals surface area contributed by atoms with Gasteiger partial charge in [0, 0.05) is 0 Å². The Balaban J connectivity index is -0.000000274. The fourth-order valence-electron chi connectivity index (χ4n) is 1.51. The van der Waals surface area contributed by atoms with Crippen LogP contribution < -0.4 is 0 Å². The molecule has 1 rings (SSSR count). The second-order valence-corrected chi connectivity index (χ2v) is 4.33. The molecule has 0 aromatic rings. The number of ether oxygens (including phenoxy) is 1. The topological polar surface area (TPSA) is 153 Å². The minimum atomic E-state index is -0.916. The first-order chi connectivity index (χ1) is 8.20. The second-order valence-electron chi connectivity index (χ2n) is 4.33. The third kappa shape index (κ3) is 17.7. The first-order valence-electron chi connectivity index (χ1n) is 6.36. The lowest BCUT2D eigenvalue weighted by molar-refractivity contribution is -0.0364. The lowest BCUT2D eigenvalue weighted by atomic mass is 10.0. The first-order valence-corrected chi connectivity index (χ1v) is 6.36. The summed E-state index contributed by atoms with van der Waals surface area (Å²) in [7, 11) is 0. The molecule has 0 radical (unpaired) electrons. The molecule has 19 heavy (non-hydrogen) atoms. The van der Waals surface area contributed by atoms with Gasteiger partial charge in [0.15, 0.2) is 0 Å². The second kappa shape index (κ2) is 17.7. The van der Waals surface area contributed by atoms with Crippen molar-refractivity contribution in [2.75, 3.05) is 26.4 Å². The van der Waals surface area contributed by atoms with E-state index in [0.29, 0.717) is 0 Å². The summed E-state index contributed by atoms with van der Waals surface area (Å²) < 4.78 is 4.72. The molecular weight excluding hydrogens is 256 g/mol. The molecule has 0 aliphatic heterocycles. The molecular formula is C12H30O7. The van der Waals surface area contributed by atoms with Crippen LogP contribution in [0.1, 0.15) is 38.5 Å². The van der Waals surface area contributed by atoms with E-state index in [1.54, 1.807) is 0 Å². The van der Waals surface area contributed by atoms with E-state index in [1.807, 2.05) is 0 Å². The summed E-state index contributed by atoms with van der Waals surface area (Å²) in [4.78, 5) is 0. The largest absolute Gasteiger partial charge is 0.412 e. The molecule has 0 saturated heterocycles. The van der Waals surface area contributed by atoms with Gasteiger partial charge in [-0.3, -0.25) is 0 Å². The molecule has 8 N–H and O–H groups in total. The number of hydrogen-bond acceptors (Lipinski definition) is 5. The van der Waals surface area contributed by atoms with Crippen LogP contribution in [0.2, 0.25) is 0 Å². The number of rotatable bonds is 6. The Kier molecular flexibility index (Phi) is 22.2. The van der Waals surface area contributed by atoms with Crippen LogP contribution in [0.5, 0.6) is 0 Å². The van der Waals surface area contributed by atoms with Gasteiger partial charge in [-0.2, -0.15) is 0 Å². The summed E-state index contributed by atoms with van der Waals surface area (Å²) in [6.07, 6.45) is 7.17. The normalized spacial score (nSPS) is 17.1. The van der Waals surface area contributed by atoms with Crippen LogP contribution in [0.3, 0.4) is 0 Å². The van der Waals surface area contributed by atoms with Gasteiger partial charge >= 0.3 is 0 Å². The van der Waals surface area contributed by atoms with Crippen molar-refractivity contribution in [1.29, 1.82) is 0 Å². The van der Waals surface area contributed by atoms with Crippen LogP contribution in [0, 0.1) is 0 Å². The van der Waals surface area contributed by atoms with Gasteiger partial charge in [-0.1, -0.05) is 38.5 Å². The highest BCUT2D eigenvalue weighted by Gasteiger charge is 2.04. The molecule has 7 heteroatoms. The van der Waals surface area contributed by atoms with Gasteiger partial charge in [0.05, 0.1) is 26.4 Å². The van der Waals surface area contributed by atoms with Gasteiger partial charge in [0.25, 0.3) is 0 Å². The van der Waals surface area contributed by atoms with Gasteiger partial charge in [-0.25, -0.2) is 0 Å². The number of hydrogen-bond donors (Lipinski definition) is 4. The van der Waals surface area contributed by atoms with E-state index in [4.69, 9.17) is 25.2 Å². The zero-order valence-corrected chi connectivity index (χ0v) is 11.4. The Hall–Kier alpha value is -0.280. The smallest absolute Gasteiger partial charge is 0.100 e. The molecule has 0 spiro atoms. The third-order valence-corrected chi connectivity index (χ3v) is 2.54. The summed E-state index contributed by atoms with van der Waals surface area (Å²) in [5.74, 6) is 0. The maximum absolute atomic E-state index is 8.72. The highest BCUT2D eigenvalue weighted by atomic mass is 16.5. The maximum Gasteiger partial charge on any atom is 0.100 e. The van der Waals surface area contributed by atoms with Crippen molar-refractivity contribution in [1.82, 2.24) is 0 Å². The highest BCUT2D eigenvalue weighted by Crippen LogP contribution is 2.15. The van der Waals surface area contributed by atoms with E-state index in [2.05, 4.69) is 0 Å². The van der Waals surface area contributed by atoms with Crippen LogP contribution in [0.4, 0.5) is 0 Å².